The maximum atomic E-state index is 13.0. The molecule has 0 aliphatic carbocycles. The summed E-state index contributed by atoms with van der Waals surface area (Å²) in [5.41, 5.74) is -1.45. The summed E-state index contributed by atoms with van der Waals surface area (Å²) in [5, 5.41) is 22.7. The molecule has 0 saturated carbocycles. The second kappa shape index (κ2) is 6.31. The molecule has 1 unspecified atom stereocenters. The summed E-state index contributed by atoms with van der Waals surface area (Å²) in [5.74, 6) is -0.556. The van der Waals surface area contributed by atoms with Crippen molar-refractivity contribution >= 4 is 11.7 Å². The zero-order valence-electron chi connectivity index (χ0n) is 13.5. The standard InChI is InChI=1S/C15H16F3N3O5/c16-15(17,18)12-8-20(13(23)19-12)14(3-5-26-6-4-14)9-1-2-11(22)10(7-9)21(24)25/h1-2,7,12,22H,3-6,8H2,(H,19,23). The molecule has 1 atom stereocenters. The lowest BCUT2D eigenvalue weighted by atomic mass is 9.80. The summed E-state index contributed by atoms with van der Waals surface area (Å²) < 4.78 is 44.4. The lowest BCUT2D eigenvalue weighted by molar-refractivity contribution is -0.386. The first-order chi connectivity index (χ1) is 12.1. The quantitative estimate of drug-likeness (QED) is 0.623. The number of halogens is 3. The van der Waals surface area contributed by atoms with Crippen LogP contribution < -0.4 is 5.32 Å². The first-order valence-electron chi connectivity index (χ1n) is 7.85. The van der Waals surface area contributed by atoms with Crippen LogP contribution in [-0.2, 0) is 10.3 Å². The van der Waals surface area contributed by atoms with E-state index < -0.39 is 46.7 Å². The van der Waals surface area contributed by atoms with Gasteiger partial charge in [-0.05, 0) is 24.5 Å². The average Bonchev–Trinajstić information content (AvgIpc) is 2.98. The highest BCUT2D eigenvalue weighted by atomic mass is 19.4. The van der Waals surface area contributed by atoms with Gasteiger partial charge in [0.1, 0.15) is 6.04 Å². The highest BCUT2D eigenvalue weighted by Crippen LogP contribution is 2.43. The summed E-state index contributed by atoms with van der Waals surface area (Å²) in [7, 11) is 0. The van der Waals surface area contributed by atoms with Gasteiger partial charge in [-0.15, -0.1) is 0 Å². The zero-order chi connectivity index (χ0) is 19.1. The van der Waals surface area contributed by atoms with Gasteiger partial charge in [0.05, 0.1) is 17.0 Å². The van der Waals surface area contributed by atoms with Gasteiger partial charge in [0.2, 0.25) is 0 Å². The van der Waals surface area contributed by atoms with Crippen LogP contribution in [0.4, 0.5) is 23.7 Å². The van der Waals surface area contributed by atoms with E-state index in [4.69, 9.17) is 4.74 Å². The van der Waals surface area contributed by atoms with Crippen molar-refractivity contribution in [1.82, 2.24) is 10.2 Å². The number of hydrogen-bond acceptors (Lipinski definition) is 5. The summed E-state index contributed by atoms with van der Waals surface area (Å²) in [6.45, 7) is -0.221. The Bertz CT molecular complexity index is 734. The number of urea groups is 1. The molecule has 26 heavy (non-hydrogen) atoms. The fourth-order valence-electron chi connectivity index (χ4n) is 3.48. The molecule has 11 heteroatoms. The Balaban J connectivity index is 2.04. The molecule has 0 bridgehead atoms. The predicted molar refractivity (Wildman–Crippen MR) is 81.6 cm³/mol. The second-order valence-electron chi connectivity index (χ2n) is 6.26. The lowest BCUT2D eigenvalue weighted by Crippen LogP contribution is -2.51. The number of ether oxygens (including phenoxy) is 1. The minimum atomic E-state index is -4.60. The number of phenolic OH excluding ortho intramolecular Hbond substituents is 1. The zero-order valence-corrected chi connectivity index (χ0v) is 13.5. The van der Waals surface area contributed by atoms with E-state index in [1.807, 2.05) is 5.32 Å². The number of phenols is 1. The predicted octanol–water partition coefficient (Wildman–Crippen LogP) is 2.26. The van der Waals surface area contributed by atoms with Crippen molar-refractivity contribution in [1.29, 1.82) is 0 Å². The molecule has 0 spiro atoms. The van der Waals surface area contributed by atoms with Crippen LogP contribution in [0.3, 0.4) is 0 Å². The van der Waals surface area contributed by atoms with Crippen molar-refractivity contribution in [3.05, 3.63) is 33.9 Å². The lowest BCUT2D eigenvalue weighted by Gasteiger charge is -2.44. The highest BCUT2D eigenvalue weighted by Gasteiger charge is 2.53. The molecule has 2 fully saturated rings. The molecule has 2 amide bonds. The fourth-order valence-corrected chi connectivity index (χ4v) is 3.48. The van der Waals surface area contributed by atoms with E-state index in [0.717, 1.165) is 17.0 Å². The number of benzene rings is 1. The normalized spacial score (nSPS) is 23.0. The van der Waals surface area contributed by atoms with E-state index in [1.165, 1.54) is 6.07 Å². The van der Waals surface area contributed by atoms with E-state index in [0.29, 0.717) is 5.56 Å². The van der Waals surface area contributed by atoms with Gasteiger partial charge in [0, 0.05) is 19.3 Å². The van der Waals surface area contributed by atoms with E-state index in [-0.39, 0.29) is 26.1 Å². The molecule has 0 aromatic heterocycles. The number of hydrogen-bond donors (Lipinski definition) is 2. The summed E-state index contributed by atoms with van der Waals surface area (Å²) in [6, 6.07) is 0.711. The number of alkyl halides is 3. The molecular weight excluding hydrogens is 359 g/mol. The van der Waals surface area contributed by atoms with Crippen LogP contribution in [0, 0.1) is 10.1 Å². The van der Waals surface area contributed by atoms with Gasteiger partial charge in [0.15, 0.2) is 5.75 Å². The molecule has 2 saturated heterocycles. The number of carbonyl (C=O) groups is 1. The molecule has 2 aliphatic heterocycles. The van der Waals surface area contributed by atoms with Gasteiger partial charge in [0.25, 0.3) is 0 Å². The number of aromatic hydroxyl groups is 1. The first kappa shape index (κ1) is 18.2. The largest absolute Gasteiger partial charge is 0.502 e. The number of nitrogens with zero attached hydrogens (tertiary/aromatic N) is 2. The Kier molecular flexibility index (Phi) is 4.42. The third-order valence-electron chi connectivity index (χ3n) is 4.85. The van der Waals surface area contributed by atoms with Gasteiger partial charge in [-0.2, -0.15) is 13.2 Å². The van der Waals surface area contributed by atoms with E-state index >= 15 is 0 Å². The number of amides is 2. The van der Waals surface area contributed by atoms with Crippen LogP contribution in [0.15, 0.2) is 18.2 Å². The molecule has 1 aromatic carbocycles. The Morgan fingerprint density at radius 1 is 1.35 bits per heavy atom. The molecule has 2 aliphatic rings. The molecule has 0 radical (unpaired) electrons. The summed E-state index contributed by atoms with van der Waals surface area (Å²) in [4.78, 5) is 23.7. The maximum absolute atomic E-state index is 13.0. The number of nitrogens with one attached hydrogen (secondary N) is 1. The molecule has 2 N–H and O–H groups in total. The van der Waals surface area contributed by atoms with Crippen molar-refractivity contribution in [2.24, 2.45) is 0 Å². The minimum Gasteiger partial charge on any atom is -0.502 e. The number of nitro benzene ring substituents is 1. The van der Waals surface area contributed by atoms with E-state index in [9.17, 15) is 33.2 Å². The smallest absolute Gasteiger partial charge is 0.410 e. The molecule has 8 nitrogen and oxygen atoms in total. The van der Waals surface area contributed by atoms with Crippen LogP contribution in [0.1, 0.15) is 18.4 Å². The summed E-state index contributed by atoms with van der Waals surface area (Å²) in [6.07, 6.45) is -4.22. The molecule has 2 heterocycles. The number of carbonyl (C=O) groups excluding carboxylic acids is 1. The van der Waals surface area contributed by atoms with Gasteiger partial charge < -0.3 is 20.1 Å². The Labute approximate surface area is 145 Å². The average molecular weight is 375 g/mol. The van der Waals surface area contributed by atoms with Gasteiger partial charge in [-0.1, -0.05) is 6.07 Å². The Hall–Kier alpha value is -2.56. The summed E-state index contributed by atoms with van der Waals surface area (Å²) >= 11 is 0. The van der Waals surface area contributed by atoms with Crippen LogP contribution >= 0.6 is 0 Å². The van der Waals surface area contributed by atoms with Gasteiger partial charge >= 0.3 is 17.9 Å². The van der Waals surface area contributed by atoms with E-state index in [1.54, 1.807) is 0 Å². The fraction of sp³-hybridized carbons (Fsp3) is 0.533. The maximum Gasteiger partial charge on any atom is 0.410 e. The van der Waals surface area contributed by atoms with Crippen LogP contribution in [0.5, 0.6) is 5.75 Å². The van der Waals surface area contributed by atoms with Gasteiger partial charge in [-0.3, -0.25) is 10.1 Å². The van der Waals surface area contributed by atoms with Crippen molar-refractivity contribution in [3.63, 3.8) is 0 Å². The van der Waals surface area contributed by atoms with Crippen LogP contribution in [-0.4, -0.2) is 52.9 Å². The van der Waals surface area contributed by atoms with Gasteiger partial charge in [-0.25, -0.2) is 4.79 Å². The third-order valence-corrected chi connectivity index (χ3v) is 4.85. The second-order valence-corrected chi connectivity index (χ2v) is 6.26. The Morgan fingerprint density at radius 3 is 2.54 bits per heavy atom. The molecular formula is C15H16F3N3O5. The van der Waals surface area contributed by atoms with Crippen LogP contribution in [0.2, 0.25) is 0 Å². The van der Waals surface area contributed by atoms with Crippen LogP contribution in [0.25, 0.3) is 0 Å². The highest BCUT2D eigenvalue weighted by molar-refractivity contribution is 5.78. The van der Waals surface area contributed by atoms with E-state index in [2.05, 4.69) is 0 Å². The number of rotatable bonds is 3. The molecule has 3 rings (SSSR count). The Morgan fingerprint density at radius 2 is 2.00 bits per heavy atom. The van der Waals surface area contributed by atoms with Crippen molar-refractivity contribution in [3.8, 4) is 5.75 Å². The minimum absolute atomic E-state index is 0.187. The number of nitro groups is 1. The topological polar surface area (TPSA) is 105 Å². The SMILES string of the molecule is O=C1NC(C(F)(F)F)CN1C1(c2ccc(O)c([N+](=O)[O-])c2)CCOCC1. The van der Waals surface area contributed by atoms with Crippen molar-refractivity contribution in [2.75, 3.05) is 19.8 Å². The first-order valence-corrected chi connectivity index (χ1v) is 7.85. The molecule has 142 valence electrons. The van der Waals surface area contributed by atoms with Crippen molar-refractivity contribution in [2.45, 2.75) is 30.6 Å². The monoisotopic (exact) mass is 375 g/mol. The third kappa shape index (κ3) is 3.02. The van der Waals surface area contributed by atoms with Crippen molar-refractivity contribution < 1.29 is 32.7 Å². The molecule has 1 aromatic rings.